The molecule has 1 aliphatic rings. The van der Waals surface area contributed by atoms with Gasteiger partial charge in [0.25, 0.3) is 0 Å². The number of anilines is 1. The minimum absolute atomic E-state index is 0.0681. The van der Waals surface area contributed by atoms with Crippen LogP contribution in [0.15, 0.2) is 22.7 Å². The Hall–Kier alpha value is -0.610. The van der Waals surface area contributed by atoms with Crippen molar-refractivity contribution >= 4 is 21.6 Å². The normalized spacial score (nSPS) is 40.0. The lowest BCUT2D eigenvalue weighted by atomic mass is 10.2. The summed E-state index contributed by atoms with van der Waals surface area (Å²) >= 11 is 2.91. The molecular formula is C10H12BrFN2. The van der Waals surface area contributed by atoms with E-state index < -0.39 is 31.8 Å². The Morgan fingerprint density at radius 3 is 2.79 bits per heavy atom. The van der Waals surface area contributed by atoms with Gasteiger partial charge in [-0.3, -0.25) is 0 Å². The Morgan fingerprint density at radius 2 is 2.14 bits per heavy atom. The van der Waals surface area contributed by atoms with Crippen molar-refractivity contribution in [3.8, 4) is 0 Å². The van der Waals surface area contributed by atoms with E-state index in [1.807, 2.05) is 0 Å². The van der Waals surface area contributed by atoms with Crippen LogP contribution >= 0.6 is 15.9 Å². The maximum absolute atomic E-state index is 13.7. The Labute approximate surface area is 102 Å². The predicted octanol–water partition coefficient (Wildman–Crippen LogP) is 2.00. The van der Waals surface area contributed by atoms with E-state index in [1.54, 1.807) is 5.32 Å². The van der Waals surface area contributed by atoms with Gasteiger partial charge in [-0.15, -0.1) is 0 Å². The van der Waals surface area contributed by atoms with Crippen LogP contribution in [0.5, 0.6) is 0 Å². The van der Waals surface area contributed by atoms with Gasteiger partial charge in [-0.1, -0.05) is 0 Å². The molecule has 0 saturated carbocycles. The zero-order valence-electron chi connectivity index (χ0n) is 14.9. The number of nitrogens with zero attached hydrogens (tertiary/aromatic N) is 1. The van der Waals surface area contributed by atoms with Crippen LogP contribution in [0.3, 0.4) is 0 Å². The molecule has 0 aromatic heterocycles. The third kappa shape index (κ3) is 2.07. The van der Waals surface area contributed by atoms with Gasteiger partial charge in [-0.25, -0.2) is 4.39 Å². The number of benzene rings is 1. The molecule has 4 heteroatoms. The smallest absolute Gasteiger partial charge is 0.139 e. The van der Waals surface area contributed by atoms with Crippen molar-refractivity contribution in [1.29, 1.82) is 0 Å². The first-order chi connectivity index (χ1) is 9.74. The summed E-state index contributed by atoms with van der Waals surface area (Å²) in [6, 6.07) is 3.21. The van der Waals surface area contributed by atoms with E-state index in [9.17, 15) is 4.39 Å². The van der Waals surface area contributed by atoms with Crippen molar-refractivity contribution < 1.29 is 15.4 Å². The van der Waals surface area contributed by atoms with Crippen LogP contribution in [0.4, 0.5) is 10.1 Å². The second-order valence-corrected chi connectivity index (χ2v) is 3.39. The molecule has 14 heavy (non-hydrogen) atoms. The highest BCUT2D eigenvalue weighted by atomic mass is 79.9. The Bertz CT molecular complexity index is 583. The van der Waals surface area contributed by atoms with Crippen LogP contribution in [0.1, 0.15) is 11.0 Å². The van der Waals surface area contributed by atoms with E-state index in [2.05, 4.69) is 15.9 Å². The number of nitrogens with one attached hydrogen (secondary N) is 1. The molecule has 0 radical (unpaired) electrons. The Morgan fingerprint density at radius 1 is 1.43 bits per heavy atom. The molecule has 2 rings (SSSR count). The molecule has 0 spiro atoms. The summed E-state index contributed by atoms with van der Waals surface area (Å²) < 4.78 is 76.0. The summed E-state index contributed by atoms with van der Waals surface area (Å²) in [4.78, 5) is 0.284. The molecule has 0 unspecified atom stereocenters. The van der Waals surface area contributed by atoms with E-state index in [0.29, 0.717) is 0 Å². The molecule has 0 bridgehead atoms. The van der Waals surface area contributed by atoms with E-state index in [-0.39, 0.29) is 15.1 Å². The molecule has 0 atom stereocenters. The van der Waals surface area contributed by atoms with Gasteiger partial charge in [-0.2, -0.15) is 0 Å². The van der Waals surface area contributed by atoms with Gasteiger partial charge < -0.3 is 10.2 Å². The highest BCUT2D eigenvalue weighted by Gasteiger charge is 2.11. The van der Waals surface area contributed by atoms with Crippen LogP contribution in [0.2, 0.25) is 0 Å². The third-order valence-corrected chi connectivity index (χ3v) is 2.26. The zero-order valence-corrected chi connectivity index (χ0v) is 8.52. The molecule has 2 nitrogen and oxygen atoms in total. The van der Waals surface area contributed by atoms with Gasteiger partial charge in [0.1, 0.15) is 5.82 Å². The Balaban J connectivity index is 2.68. The van der Waals surface area contributed by atoms with Crippen LogP contribution in [-0.4, -0.2) is 26.0 Å². The minimum Gasteiger partial charge on any atom is -0.369 e. The highest BCUT2D eigenvalue weighted by Crippen LogP contribution is 2.22. The van der Waals surface area contributed by atoms with Gasteiger partial charge in [0.05, 0.1) is 9.96 Å². The fourth-order valence-electron chi connectivity index (χ4n) is 0.980. The maximum Gasteiger partial charge on any atom is 0.139 e. The summed E-state index contributed by atoms with van der Waals surface area (Å²) in [6.07, 6.45) is 0. The second kappa shape index (κ2) is 4.28. The standard InChI is InChI=1S/C10H12BrFN2/c11-9-2-1-8(7-10(9)12)14-5-3-13-4-6-14/h1-2,7,13H,3-6H2/i3D2,4D2,5D2,6D2. The maximum atomic E-state index is 13.7. The van der Waals surface area contributed by atoms with Crippen molar-refractivity contribution in [2.24, 2.45) is 0 Å². The van der Waals surface area contributed by atoms with E-state index in [4.69, 9.17) is 11.0 Å². The predicted molar refractivity (Wildman–Crippen MR) is 59.2 cm³/mol. The number of piperazine rings is 1. The summed E-state index contributed by atoms with van der Waals surface area (Å²) in [7, 11) is 0. The molecule has 76 valence electrons. The third-order valence-electron chi connectivity index (χ3n) is 1.62. The van der Waals surface area contributed by atoms with Crippen molar-refractivity contribution in [2.75, 3.05) is 30.9 Å². The van der Waals surface area contributed by atoms with Crippen LogP contribution < -0.4 is 10.2 Å². The first-order valence-corrected chi connectivity index (χ1v) is 4.58. The van der Waals surface area contributed by atoms with Crippen molar-refractivity contribution in [1.82, 2.24) is 5.32 Å². The van der Waals surface area contributed by atoms with E-state index in [0.717, 1.165) is 6.07 Å². The number of halogens is 2. The highest BCUT2D eigenvalue weighted by molar-refractivity contribution is 9.10. The fourth-order valence-corrected chi connectivity index (χ4v) is 1.23. The van der Waals surface area contributed by atoms with Gasteiger partial charge in [-0.05, 0) is 34.1 Å². The van der Waals surface area contributed by atoms with Crippen molar-refractivity contribution in [3.05, 3.63) is 28.5 Å². The van der Waals surface area contributed by atoms with Crippen LogP contribution in [0.25, 0.3) is 0 Å². The van der Waals surface area contributed by atoms with Crippen molar-refractivity contribution in [2.45, 2.75) is 0 Å². The lowest BCUT2D eigenvalue weighted by Gasteiger charge is -2.29. The lowest BCUT2D eigenvalue weighted by molar-refractivity contribution is 0.584. The van der Waals surface area contributed by atoms with Crippen molar-refractivity contribution in [3.63, 3.8) is 0 Å². The van der Waals surface area contributed by atoms with E-state index >= 15 is 0 Å². The summed E-state index contributed by atoms with van der Waals surface area (Å²) in [5, 5.41) is 1.71. The monoisotopic (exact) mass is 266 g/mol. The lowest BCUT2D eigenvalue weighted by Crippen LogP contribution is -2.43. The second-order valence-electron chi connectivity index (χ2n) is 2.53. The minimum atomic E-state index is -2.97. The first-order valence-electron chi connectivity index (χ1n) is 7.79. The van der Waals surface area contributed by atoms with Crippen LogP contribution in [0, 0.1) is 5.82 Å². The van der Waals surface area contributed by atoms with Crippen LogP contribution in [-0.2, 0) is 0 Å². The molecule has 1 fully saturated rings. The first kappa shape index (κ1) is 4.10. The average molecular weight is 267 g/mol. The topological polar surface area (TPSA) is 15.3 Å². The van der Waals surface area contributed by atoms with Gasteiger partial charge in [0.15, 0.2) is 0 Å². The summed E-state index contributed by atoms with van der Waals surface area (Å²) in [6.45, 7) is -11.8. The average Bonchev–Trinajstić information content (AvgIpc) is 2.30. The molecular weight excluding hydrogens is 247 g/mol. The largest absolute Gasteiger partial charge is 0.369 e. The molecule has 1 saturated heterocycles. The zero-order chi connectivity index (χ0) is 17.1. The Kier molecular flexibility index (Phi) is 1.25. The van der Waals surface area contributed by atoms with Gasteiger partial charge >= 0.3 is 0 Å². The molecule has 1 aromatic rings. The van der Waals surface area contributed by atoms with Gasteiger partial charge in [0.2, 0.25) is 0 Å². The molecule has 0 amide bonds. The number of hydrogen-bond donors (Lipinski definition) is 1. The molecule has 1 aliphatic heterocycles. The fraction of sp³-hybridized carbons (Fsp3) is 0.400. The SMILES string of the molecule is [2H]C1([2H])NC([2H])([2H])C([2H])([2H])N(c2ccc(Br)c(F)c2)C1([2H])[2H]. The number of rotatable bonds is 1. The molecule has 1 N–H and O–H groups in total. The molecule has 0 aliphatic carbocycles. The number of hydrogen-bond acceptors (Lipinski definition) is 2. The molecule has 1 aromatic carbocycles. The summed E-state index contributed by atoms with van der Waals surface area (Å²) in [5.41, 5.74) is -0.315. The molecule has 1 heterocycles. The summed E-state index contributed by atoms with van der Waals surface area (Å²) in [5.74, 6) is -0.802. The van der Waals surface area contributed by atoms with E-state index in [1.165, 1.54) is 12.1 Å². The quantitative estimate of drug-likeness (QED) is 0.837. The van der Waals surface area contributed by atoms with Gasteiger partial charge in [0, 0.05) is 37.2 Å².